The van der Waals surface area contributed by atoms with Crippen molar-refractivity contribution in [3.63, 3.8) is 0 Å². The van der Waals surface area contributed by atoms with E-state index in [1.54, 1.807) is 35.8 Å². The molecule has 8 nitrogen and oxygen atoms in total. The van der Waals surface area contributed by atoms with Crippen molar-refractivity contribution in [2.75, 3.05) is 40.6 Å². The van der Waals surface area contributed by atoms with Gasteiger partial charge in [0.05, 0.1) is 43.3 Å². The number of carbonyl (C=O) groups is 1. The Bertz CT molecular complexity index is 1100. The lowest BCUT2D eigenvalue weighted by molar-refractivity contribution is -0.139. The number of amides is 1. The minimum Gasteiger partial charge on any atom is -0.383 e. The lowest BCUT2D eigenvalue weighted by atomic mass is 10.2. The van der Waals surface area contributed by atoms with Crippen molar-refractivity contribution in [2.45, 2.75) is 26.1 Å². The first kappa shape index (κ1) is 24.6. The predicted octanol–water partition coefficient (Wildman–Crippen LogP) is 2.80. The summed E-state index contributed by atoms with van der Waals surface area (Å²) in [6.07, 6.45) is 0. The molecule has 1 unspecified atom stereocenters. The van der Waals surface area contributed by atoms with Gasteiger partial charge in [-0.25, -0.2) is 4.98 Å². The molecule has 1 atom stereocenters. The number of carbonyl (C=O) groups excluding carboxylic acids is 1. The summed E-state index contributed by atoms with van der Waals surface area (Å²) in [6.45, 7) is 3.51. The van der Waals surface area contributed by atoms with Crippen LogP contribution in [0.25, 0.3) is 10.9 Å². The normalized spacial score (nSPS) is 12.1. The number of methoxy groups -OCH3 is 2. The molecule has 0 radical (unpaired) electrons. The number of rotatable bonds is 12. The van der Waals surface area contributed by atoms with Gasteiger partial charge in [-0.05, 0) is 24.6 Å². The van der Waals surface area contributed by atoms with E-state index < -0.39 is 6.04 Å². The topological polar surface area (TPSA) is 82.9 Å². The molecule has 1 aromatic heterocycles. The van der Waals surface area contributed by atoms with Gasteiger partial charge in [-0.1, -0.05) is 42.5 Å². The molecule has 0 N–H and O–H groups in total. The summed E-state index contributed by atoms with van der Waals surface area (Å²) in [6, 6.07) is 16.4. The van der Waals surface area contributed by atoms with E-state index in [1.165, 1.54) is 0 Å². The van der Waals surface area contributed by atoms with Gasteiger partial charge in [-0.2, -0.15) is 0 Å². The zero-order valence-electron chi connectivity index (χ0n) is 19.4. The second kappa shape index (κ2) is 12.2. The highest BCUT2D eigenvalue weighted by Gasteiger charge is 2.26. The van der Waals surface area contributed by atoms with Gasteiger partial charge in [0.25, 0.3) is 5.56 Å². The third kappa shape index (κ3) is 6.25. The molecule has 0 aliphatic rings. The summed E-state index contributed by atoms with van der Waals surface area (Å²) in [5.74, 6) is 0.305. The van der Waals surface area contributed by atoms with Gasteiger partial charge in [0.2, 0.25) is 5.91 Å². The van der Waals surface area contributed by atoms with Crippen LogP contribution < -0.4 is 5.56 Å². The highest BCUT2D eigenvalue weighted by Crippen LogP contribution is 2.20. The molecule has 0 aliphatic carbocycles. The Morgan fingerprint density at radius 1 is 1.03 bits per heavy atom. The zero-order chi connectivity index (χ0) is 23.6. The minimum absolute atomic E-state index is 0.0845. The Morgan fingerprint density at radius 2 is 1.73 bits per heavy atom. The molecule has 176 valence electrons. The molecule has 0 bridgehead atoms. The summed E-state index contributed by atoms with van der Waals surface area (Å²) in [5, 5.41) is 0.533. The van der Waals surface area contributed by atoms with Crippen LogP contribution in [0.1, 0.15) is 24.4 Å². The standard InChI is InChI=1S/C25H31N3O5/c1-19(24-26-22-12-8-7-11-21(22)25(30)28(24)14-16-32-3)27(13-15-31-2)23(29)18-33-17-20-9-5-4-6-10-20/h4-12,19H,13-18H2,1-3H3. The van der Waals surface area contributed by atoms with Crippen LogP contribution in [0.15, 0.2) is 59.4 Å². The lowest BCUT2D eigenvalue weighted by Crippen LogP contribution is -2.41. The van der Waals surface area contributed by atoms with E-state index in [4.69, 9.17) is 19.2 Å². The maximum absolute atomic E-state index is 13.2. The van der Waals surface area contributed by atoms with E-state index in [2.05, 4.69) is 0 Å². The number of fused-ring (bicyclic) bond motifs is 1. The second-order valence-electron chi connectivity index (χ2n) is 7.67. The van der Waals surface area contributed by atoms with Crippen LogP contribution in [0, 0.1) is 0 Å². The summed E-state index contributed by atoms with van der Waals surface area (Å²) in [4.78, 5) is 32.8. The molecule has 0 spiro atoms. The van der Waals surface area contributed by atoms with Gasteiger partial charge in [0, 0.05) is 20.8 Å². The highest BCUT2D eigenvalue weighted by atomic mass is 16.5. The fraction of sp³-hybridized carbons (Fsp3) is 0.400. The number of hydrogen-bond donors (Lipinski definition) is 0. The zero-order valence-corrected chi connectivity index (χ0v) is 19.4. The fourth-order valence-electron chi connectivity index (χ4n) is 3.68. The third-order valence-electron chi connectivity index (χ3n) is 5.45. The van der Waals surface area contributed by atoms with Crippen LogP contribution in [0.5, 0.6) is 0 Å². The molecule has 33 heavy (non-hydrogen) atoms. The SMILES string of the molecule is COCCN(C(=O)COCc1ccccc1)C(C)c1nc2ccccc2c(=O)n1CCOC. The van der Waals surface area contributed by atoms with E-state index in [1.807, 2.05) is 49.4 Å². The molecular weight excluding hydrogens is 422 g/mol. The number of benzene rings is 2. The van der Waals surface area contributed by atoms with Crippen LogP contribution in [0.2, 0.25) is 0 Å². The lowest BCUT2D eigenvalue weighted by Gasteiger charge is -2.30. The van der Waals surface area contributed by atoms with Crippen molar-refractivity contribution in [3.05, 3.63) is 76.3 Å². The largest absolute Gasteiger partial charge is 0.383 e. The Morgan fingerprint density at radius 3 is 2.45 bits per heavy atom. The maximum atomic E-state index is 13.2. The first-order valence-electron chi connectivity index (χ1n) is 10.9. The number of hydrogen-bond acceptors (Lipinski definition) is 6. The van der Waals surface area contributed by atoms with E-state index in [9.17, 15) is 9.59 Å². The molecule has 1 amide bonds. The molecular formula is C25H31N3O5. The first-order chi connectivity index (χ1) is 16.1. The van der Waals surface area contributed by atoms with Gasteiger partial charge in [-0.15, -0.1) is 0 Å². The average Bonchev–Trinajstić information content (AvgIpc) is 2.84. The fourth-order valence-corrected chi connectivity index (χ4v) is 3.68. The molecule has 3 aromatic rings. The maximum Gasteiger partial charge on any atom is 0.261 e. The van der Waals surface area contributed by atoms with E-state index >= 15 is 0 Å². The summed E-state index contributed by atoms with van der Waals surface area (Å²) >= 11 is 0. The Hall–Kier alpha value is -3.07. The molecule has 8 heteroatoms. The van der Waals surface area contributed by atoms with Crippen LogP contribution in [0.4, 0.5) is 0 Å². The summed E-state index contributed by atoms with van der Waals surface area (Å²) < 4.78 is 17.7. The van der Waals surface area contributed by atoms with Crippen molar-refractivity contribution >= 4 is 16.8 Å². The predicted molar refractivity (Wildman–Crippen MR) is 126 cm³/mol. The second-order valence-corrected chi connectivity index (χ2v) is 7.67. The van der Waals surface area contributed by atoms with Crippen molar-refractivity contribution < 1.29 is 19.0 Å². The average molecular weight is 454 g/mol. The Kier molecular flexibility index (Phi) is 9.12. The van der Waals surface area contributed by atoms with Gasteiger partial charge in [-0.3, -0.25) is 14.2 Å². The van der Waals surface area contributed by atoms with Crippen molar-refractivity contribution in [2.24, 2.45) is 0 Å². The van der Waals surface area contributed by atoms with Crippen LogP contribution in [-0.2, 0) is 32.2 Å². The van der Waals surface area contributed by atoms with Gasteiger partial charge >= 0.3 is 0 Å². The quantitative estimate of drug-likeness (QED) is 0.419. The highest BCUT2D eigenvalue weighted by molar-refractivity contribution is 5.79. The monoisotopic (exact) mass is 453 g/mol. The Balaban J connectivity index is 1.87. The van der Waals surface area contributed by atoms with Crippen molar-refractivity contribution in [3.8, 4) is 0 Å². The number of aromatic nitrogens is 2. The van der Waals surface area contributed by atoms with Crippen molar-refractivity contribution in [1.29, 1.82) is 0 Å². The molecule has 2 aromatic carbocycles. The van der Waals surface area contributed by atoms with Gasteiger partial charge < -0.3 is 19.1 Å². The van der Waals surface area contributed by atoms with E-state index in [-0.39, 0.29) is 18.1 Å². The van der Waals surface area contributed by atoms with E-state index in [0.29, 0.717) is 49.6 Å². The molecule has 3 rings (SSSR count). The summed E-state index contributed by atoms with van der Waals surface area (Å²) in [5.41, 5.74) is 1.43. The number of para-hydroxylation sites is 1. The Labute approximate surface area is 193 Å². The number of ether oxygens (including phenoxy) is 3. The van der Waals surface area contributed by atoms with Crippen molar-refractivity contribution in [1.82, 2.24) is 14.5 Å². The van der Waals surface area contributed by atoms with Gasteiger partial charge in [0.15, 0.2) is 0 Å². The molecule has 0 saturated carbocycles. The van der Waals surface area contributed by atoms with Gasteiger partial charge in [0.1, 0.15) is 12.4 Å². The molecule has 0 aliphatic heterocycles. The molecule has 1 heterocycles. The first-order valence-corrected chi connectivity index (χ1v) is 10.9. The number of nitrogens with zero attached hydrogens (tertiary/aromatic N) is 3. The third-order valence-corrected chi connectivity index (χ3v) is 5.45. The smallest absolute Gasteiger partial charge is 0.261 e. The van der Waals surface area contributed by atoms with Crippen LogP contribution >= 0.6 is 0 Å². The summed E-state index contributed by atoms with van der Waals surface area (Å²) in [7, 11) is 3.17. The van der Waals surface area contributed by atoms with Crippen LogP contribution in [-0.4, -0.2) is 60.9 Å². The molecule has 0 saturated heterocycles. The molecule has 0 fully saturated rings. The van der Waals surface area contributed by atoms with E-state index in [0.717, 1.165) is 5.56 Å². The minimum atomic E-state index is -0.470. The van der Waals surface area contributed by atoms with Crippen LogP contribution in [0.3, 0.4) is 0 Å².